The molecule has 4 nitrogen and oxygen atoms in total. The summed E-state index contributed by atoms with van der Waals surface area (Å²) in [6, 6.07) is 52.7. The van der Waals surface area contributed by atoms with Gasteiger partial charge in [-0.1, -0.05) is 108 Å². The van der Waals surface area contributed by atoms with E-state index in [1.165, 1.54) is 38.8 Å². The van der Waals surface area contributed by atoms with Crippen LogP contribution in [-0.2, 0) is 0 Å². The summed E-state index contributed by atoms with van der Waals surface area (Å²) in [4.78, 5) is 2.44. The zero-order valence-electron chi connectivity index (χ0n) is 33.4. The number of nitrogens with one attached hydrogen (secondary N) is 1. The zero-order valence-corrected chi connectivity index (χ0v) is 33.4. The number of anilines is 5. The lowest BCUT2D eigenvalue weighted by Crippen LogP contribution is -2.15. The molecule has 2 heterocycles. The Bertz CT molecular complexity index is 3110. The second-order valence-electron chi connectivity index (χ2n) is 16.5. The van der Waals surface area contributed by atoms with E-state index in [0.29, 0.717) is 17.8 Å². The normalized spacial score (nSPS) is 12.2. The van der Waals surface area contributed by atoms with Crippen LogP contribution in [0.5, 0.6) is 0 Å². The highest BCUT2D eigenvalue weighted by atomic mass is 16.3. The van der Waals surface area contributed by atoms with Gasteiger partial charge in [-0.3, -0.25) is 0 Å². The number of para-hydroxylation sites is 3. The van der Waals surface area contributed by atoms with Crippen molar-refractivity contribution in [1.82, 2.24) is 0 Å². The van der Waals surface area contributed by atoms with E-state index in [1.807, 2.05) is 0 Å². The molecule has 10 rings (SSSR count). The summed E-state index contributed by atoms with van der Waals surface area (Å²) < 4.78 is 13.3. The van der Waals surface area contributed by atoms with Gasteiger partial charge in [-0.25, -0.2) is 0 Å². The van der Waals surface area contributed by atoms with Crippen LogP contribution in [0.15, 0.2) is 154 Å². The molecule has 0 aliphatic heterocycles. The molecule has 2 aromatic heterocycles. The Labute approximate surface area is 333 Å². The zero-order chi connectivity index (χ0) is 38.9. The summed E-state index contributed by atoms with van der Waals surface area (Å²) in [5.74, 6) is 1.17. The second-order valence-corrected chi connectivity index (χ2v) is 16.5. The van der Waals surface area contributed by atoms with E-state index in [-0.39, 0.29) is 0 Å². The Kier molecular flexibility index (Phi) is 8.33. The van der Waals surface area contributed by atoms with Crippen molar-refractivity contribution in [3.8, 4) is 0 Å². The Morgan fingerprint density at radius 1 is 0.404 bits per heavy atom. The fourth-order valence-corrected chi connectivity index (χ4v) is 8.77. The van der Waals surface area contributed by atoms with Gasteiger partial charge >= 0.3 is 0 Å². The molecule has 4 heteroatoms. The van der Waals surface area contributed by atoms with Crippen molar-refractivity contribution in [2.45, 2.75) is 59.3 Å². The van der Waals surface area contributed by atoms with Gasteiger partial charge in [0.15, 0.2) is 0 Å². The molecule has 0 bridgehead atoms. The Morgan fingerprint density at radius 2 is 0.860 bits per heavy atom. The molecule has 0 aliphatic rings. The van der Waals surface area contributed by atoms with E-state index in [1.54, 1.807) is 0 Å². The SMILES string of the molecule is CC(C)c1ccccc1Nc1ccc2cc3c(cc2c1)oc1cc2c(cc13)oc1cc3cc(N(c4ccccc4C(C)C)c4ccccc4C(C)C)ccc3cc12. The number of rotatable bonds is 8. The first-order valence-corrected chi connectivity index (χ1v) is 20.2. The summed E-state index contributed by atoms with van der Waals surface area (Å²) >= 11 is 0. The molecular formula is C53H46N2O2. The number of benzene rings is 8. The van der Waals surface area contributed by atoms with Gasteiger partial charge in [0.2, 0.25) is 0 Å². The predicted octanol–water partition coefficient (Wildman–Crippen LogP) is 16.4. The molecule has 280 valence electrons. The minimum absolute atomic E-state index is 0.371. The van der Waals surface area contributed by atoms with Gasteiger partial charge in [-0.05, 0) is 135 Å². The molecule has 0 fully saturated rings. The van der Waals surface area contributed by atoms with Gasteiger partial charge in [0.1, 0.15) is 22.3 Å². The molecular weight excluding hydrogens is 697 g/mol. The quantitative estimate of drug-likeness (QED) is 0.168. The molecule has 0 radical (unpaired) electrons. The Morgan fingerprint density at radius 3 is 1.42 bits per heavy atom. The summed E-state index contributed by atoms with van der Waals surface area (Å²) in [7, 11) is 0. The molecule has 0 aliphatic carbocycles. The van der Waals surface area contributed by atoms with Crippen molar-refractivity contribution in [1.29, 1.82) is 0 Å². The molecule has 0 saturated carbocycles. The number of furan rings is 2. The lowest BCUT2D eigenvalue weighted by Gasteiger charge is -2.31. The molecule has 0 unspecified atom stereocenters. The molecule has 8 aromatic carbocycles. The van der Waals surface area contributed by atoms with Crippen molar-refractivity contribution in [2.24, 2.45) is 0 Å². The van der Waals surface area contributed by atoms with Gasteiger partial charge in [-0.15, -0.1) is 0 Å². The minimum Gasteiger partial charge on any atom is -0.456 e. The predicted molar refractivity (Wildman–Crippen MR) is 243 cm³/mol. The van der Waals surface area contributed by atoms with Crippen molar-refractivity contribution in [2.75, 3.05) is 10.2 Å². The van der Waals surface area contributed by atoms with E-state index < -0.39 is 0 Å². The maximum Gasteiger partial charge on any atom is 0.136 e. The second kappa shape index (κ2) is 13.6. The minimum atomic E-state index is 0.371. The van der Waals surface area contributed by atoms with Gasteiger partial charge in [0, 0.05) is 50.0 Å². The smallest absolute Gasteiger partial charge is 0.136 e. The average Bonchev–Trinajstić information content (AvgIpc) is 3.74. The van der Waals surface area contributed by atoms with Crippen LogP contribution < -0.4 is 10.2 Å². The highest BCUT2D eigenvalue weighted by Crippen LogP contribution is 2.44. The van der Waals surface area contributed by atoms with Gasteiger partial charge in [-0.2, -0.15) is 0 Å². The Balaban J connectivity index is 1.06. The number of hydrogen-bond acceptors (Lipinski definition) is 4. The van der Waals surface area contributed by atoms with Crippen LogP contribution in [-0.4, -0.2) is 0 Å². The molecule has 57 heavy (non-hydrogen) atoms. The molecule has 0 spiro atoms. The van der Waals surface area contributed by atoms with Gasteiger partial charge in [0.05, 0.1) is 0 Å². The molecule has 1 N–H and O–H groups in total. The number of nitrogens with zero attached hydrogens (tertiary/aromatic N) is 1. The lowest BCUT2D eigenvalue weighted by atomic mass is 9.96. The van der Waals surface area contributed by atoms with Gasteiger partial charge < -0.3 is 19.1 Å². The largest absolute Gasteiger partial charge is 0.456 e. The third-order valence-corrected chi connectivity index (χ3v) is 11.7. The lowest BCUT2D eigenvalue weighted by molar-refractivity contribution is 0.664. The average molecular weight is 743 g/mol. The monoisotopic (exact) mass is 742 g/mol. The summed E-state index contributed by atoms with van der Waals surface area (Å²) in [6.45, 7) is 13.5. The highest BCUT2D eigenvalue weighted by Gasteiger charge is 2.22. The maximum atomic E-state index is 6.68. The van der Waals surface area contributed by atoms with E-state index in [9.17, 15) is 0 Å². The van der Waals surface area contributed by atoms with Crippen LogP contribution in [0.4, 0.5) is 28.4 Å². The van der Waals surface area contributed by atoms with E-state index >= 15 is 0 Å². The molecule has 0 amide bonds. The summed E-state index contributed by atoms with van der Waals surface area (Å²) in [5, 5.41) is 12.5. The number of fused-ring (bicyclic) bond motifs is 8. The summed E-state index contributed by atoms with van der Waals surface area (Å²) in [5.41, 5.74) is 13.1. The van der Waals surface area contributed by atoms with E-state index in [2.05, 4.69) is 197 Å². The van der Waals surface area contributed by atoms with Gasteiger partial charge in [0.25, 0.3) is 0 Å². The number of hydrogen-bond donors (Lipinski definition) is 1. The van der Waals surface area contributed by atoms with Crippen LogP contribution in [0, 0.1) is 0 Å². The first-order valence-electron chi connectivity index (χ1n) is 20.2. The van der Waals surface area contributed by atoms with Crippen molar-refractivity contribution < 1.29 is 8.83 Å². The van der Waals surface area contributed by atoms with E-state index in [0.717, 1.165) is 71.7 Å². The topological polar surface area (TPSA) is 41.6 Å². The van der Waals surface area contributed by atoms with Crippen LogP contribution in [0.25, 0.3) is 65.4 Å². The maximum absolute atomic E-state index is 6.68. The molecule has 0 saturated heterocycles. The van der Waals surface area contributed by atoms with Crippen molar-refractivity contribution in [3.05, 3.63) is 162 Å². The van der Waals surface area contributed by atoms with E-state index in [4.69, 9.17) is 8.83 Å². The standard InChI is InChI=1S/C53H46N2O2/c1-31(2)40-13-7-10-16-47(40)54-38-21-19-34-25-43-45-29-53-46(30-52(45)56-50(43)27-36(34)23-38)44-26-35-20-22-39(24-37(35)28-51(44)57-53)55(48-17-11-8-14-41(48)32(3)4)49-18-12-9-15-42(49)33(5)6/h7-33,54H,1-6H3. The summed E-state index contributed by atoms with van der Waals surface area (Å²) in [6.07, 6.45) is 0. The van der Waals surface area contributed by atoms with Crippen molar-refractivity contribution >= 4 is 93.9 Å². The van der Waals surface area contributed by atoms with Crippen LogP contribution in [0.2, 0.25) is 0 Å². The van der Waals surface area contributed by atoms with Crippen LogP contribution >= 0.6 is 0 Å². The van der Waals surface area contributed by atoms with Crippen LogP contribution in [0.1, 0.15) is 76.0 Å². The first-order chi connectivity index (χ1) is 27.7. The van der Waals surface area contributed by atoms with Crippen LogP contribution in [0.3, 0.4) is 0 Å². The van der Waals surface area contributed by atoms with Crippen molar-refractivity contribution in [3.63, 3.8) is 0 Å². The molecule has 10 aromatic rings. The fourth-order valence-electron chi connectivity index (χ4n) is 8.77. The first kappa shape index (κ1) is 34.9. The third kappa shape index (κ3) is 5.99. The fraction of sp³-hybridized carbons (Fsp3) is 0.170. The highest BCUT2D eigenvalue weighted by molar-refractivity contribution is 6.18. The Hall–Kier alpha value is -6.52. The molecule has 0 atom stereocenters. The third-order valence-electron chi connectivity index (χ3n) is 11.7.